The third kappa shape index (κ3) is 3.54. The van der Waals surface area contributed by atoms with E-state index < -0.39 is 16.0 Å². The number of fused-ring (bicyclic) bond motifs is 1. The molecule has 23 heavy (non-hydrogen) atoms. The van der Waals surface area contributed by atoms with E-state index in [9.17, 15) is 13.2 Å². The van der Waals surface area contributed by atoms with Gasteiger partial charge in [0, 0.05) is 37.1 Å². The maximum absolute atomic E-state index is 12.5. The van der Waals surface area contributed by atoms with Crippen LogP contribution in [-0.2, 0) is 14.8 Å². The van der Waals surface area contributed by atoms with E-state index in [1.54, 1.807) is 24.3 Å². The van der Waals surface area contributed by atoms with Crippen molar-refractivity contribution in [1.82, 2.24) is 4.72 Å². The van der Waals surface area contributed by atoms with Gasteiger partial charge in [0.25, 0.3) is 0 Å². The fourth-order valence-electron chi connectivity index (χ4n) is 2.38. The summed E-state index contributed by atoms with van der Waals surface area (Å²) in [5.41, 5.74) is 6.87. The minimum atomic E-state index is -3.91. The topological polar surface area (TPSA) is 113 Å². The highest BCUT2D eigenvalue weighted by molar-refractivity contribution is 7.90. The van der Waals surface area contributed by atoms with Gasteiger partial charge >= 0.3 is 5.97 Å². The quantitative estimate of drug-likeness (QED) is 0.684. The molecule has 7 nitrogen and oxygen atoms in total. The van der Waals surface area contributed by atoms with Crippen molar-refractivity contribution in [2.24, 2.45) is 0 Å². The molecule has 0 unspecified atom stereocenters. The SMILES string of the molecule is CN(C)c1cccc2c(S(=O)(=O)NCCC(=O)O)c(N)ccc12. The van der Waals surface area contributed by atoms with Gasteiger partial charge in [-0.3, -0.25) is 4.79 Å². The molecule has 0 bridgehead atoms. The fourth-order valence-corrected chi connectivity index (χ4v) is 3.75. The van der Waals surface area contributed by atoms with Crippen molar-refractivity contribution in [3.05, 3.63) is 30.3 Å². The zero-order valence-electron chi connectivity index (χ0n) is 12.9. The van der Waals surface area contributed by atoms with Crippen molar-refractivity contribution in [3.63, 3.8) is 0 Å². The Kier molecular flexibility index (Phi) is 4.76. The molecule has 0 saturated heterocycles. The van der Waals surface area contributed by atoms with E-state index in [2.05, 4.69) is 4.72 Å². The fraction of sp³-hybridized carbons (Fsp3) is 0.267. The number of nitrogens with one attached hydrogen (secondary N) is 1. The van der Waals surface area contributed by atoms with Gasteiger partial charge in [-0.15, -0.1) is 0 Å². The van der Waals surface area contributed by atoms with Crippen LogP contribution in [-0.4, -0.2) is 40.1 Å². The van der Waals surface area contributed by atoms with Crippen LogP contribution in [0.15, 0.2) is 35.2 Å². The Balaban J connectivity index is 2.57. The summed E-state index contributed by atoms with van der Waals surface area (Å²) in [6.45, 7) is -0.194. The molecule has 0 aromatic heterocycles. The number of nitrogen functional groups attached to an aromatic ring is 1. The van der Waals surface area contributed by atoms with Gasteiger partial charge in [-0.25, -0.2) is 13.1 Å². The van der Waals surface area contributed by atoms with Crippen molar-refractivity contribution in [1.29, 1.82) is 0 Å². The van der Waals surface area contributed by atoms with E-state index in [0.29, 0.717) is 5.39 Å². The van der Waals surface area contributed by atoms with Crippen LogP contribution in [0.2, 0.25) is 0 Å². The molecule has 2 aromatic carbocycles. The molecule has 0 spiro atoms. The van der Waals surface area contributed by atoms with E-state index in [4.69, 9.17) is 10.8 Å². The normalized spacial score (nSPS) is 11.6. The summed E-state index contributed by atoms with van der Waals surface area (Å²) >= 11 is 0. The first kappa shape index (κ1) is 17.0. The van der Waals surface area contributed by atoms with Crippen LogP contribution >= 0.6 is 0 Å². The zero-order valence-corrected chi connectivity index (χ0v) is 13.7. The largest absolute Gasteiger partial charge is 0.481 e. The zero-order chi connectivity index (χ0) is 17.2. The van der Waals surface area contributed by atoms with E-state index in [1.807, 2.05) is 25.1 Å². The molecule has 0 aliphatic carbocycles. The third-order valence-electron chi connectivity index (χ3n) is 3.40. The number of carboxylic acid groups (broad SMARTS) is 1. The van der Waals surface area contributed by atoms with E-state index in [-0.39, 0.29) is 23.5 Å². The maximum atomic E-state index is 12.5. The van der Waals surface area contributed by atoms with Crippen LogP contribution in [0.1, 0.15) is 6.42 Å². The van der Waals surface area contributed by atoms with Crippen LogP contribution in [0.4, 0.5) is 11.4 Å². The smallest absolute Gasteiger partial charge is 0.304 e. The molecule has 0 heterocycles. The summed E-state index contributed by atoms with van der Waals surface area (Å²) in [6, 6.07) is 8.64. The average molecular weight is 337 g/mol. The molecule has 0 amide bonds. The van der Waals surface area contributed by atoms with Gasteiger partial charge in [-0.1, -0.05) is 18.2 Å². The number of benzene rings is 2. The van der Waals surface area contributed by atoms with Gasteiger partial charge in [-0.2, -0.15) is 0 Å². The first-order valence-corrected chi connectivity index (χ1v) is 8.42. The van der Waals surface area contributed by atoms with Crippen LogP contribution < -0.4 is 15.4 Å². The number of nitrogens with two attached hydrogens (primary N) is 1. The number of anilines is 2. The molecular formula is C15H19N3O4S. The lowest BCUT2D eigenvalue weighted by molar-refractivity contribution is -0.136. The number of hydrogen-bond donors (Lipinski definition) is 3. The summed E-state index contributed by atoms with van der Waals surface area (Å²) in [4.78, 5) is 12.4. The highest BCUT2D eigenvalue weighted by Gasteiger charge is 2.21. The Morgan fingerprint density at radius 3 is 2.52 bits per heavy atom. The van der Waals surface area contributed by atoms with Gasteiger partial charge in [0.1, 0.15) is 4.90 Å². The van der Waals surface area contributed by atoms with Crippen molar-refractivity contribution in [2.75, 3.05) is 31.3 Å². The monoisotopic (exact) mass is 337 g/mol. The van der Waals surface area contributed by atoms with Gasteiger partial charge in [0.15, 0.2) is 0 Å². The minimum Gasteiger partial charge on any atom is -0.481 e. The second kappa shape index (κ2) is 6.43. The first-order valence-electron chi connectivity index (χ1n) is 6.94. The molecule has 0 fully saturated rings. The highest BCUT2D eigenvalue weighted by Crippen LogP contribution is 2.33. The van der Waals surface area contributed by atoms with Crippen LogP contribution in [0.25, 0.3) is 10.8 Å². The maximum Gasteiger partial charge on any atom is 0.304 e. The Bertz CT molecular complexity index is 847. The number of rotatable bonds is 6. The Morgan fingerprint density at radius 2 is 1.91 bits per heavy atom. The molecule has 0 aliphatic heterocycles. The van der Waals surface area contributed by atoms with Gasteiger partial charge in [-0.05, 0) is 12.1 Å². The highest BCUT2D eigenvalue weighted by atomic mass is 32.2. The molecule has 2 aromatic rings. The lowest BCUT2D eigenvalue weighted by Crippen LogP contribution is -2.27. The molecule has 0 aliphatic rings. The predicted octanol–water partition coefficient (Wildman–Crippen LogP) is 1.24. The molecule has 0 saturated carbocycles. The second-order valence-electron chi connectivity index (χ2n) is 5.29. The number of carboxylic acids is 1. The average Bonchev–Trinajstić information content (AvgIpc) is 2.45. The Hall–Kier alpha value is -2.32. The minimum absolute atomic E-state index is 0.0240. The van der Waals surface area contributed by atoms with Gasteiger partial charge in [0.2, 0.25) is 10.0 Å². The molecule has 0 radical (unpaired) electrons. The van der Waals surface area contributed by atoms with Crippen molar-refractivity contribution in [3.8, 4) is 0 Å². The van der Waals surface area contributed by atoms with E-state index >= 15 is 0 Å². The van der Waals surface area contributed by atoms with Crippen molar-refractivity contribution >= 4 is 38.1 Å². The van der Waals surface area contributed by atoms with Crippen molar-refractivity contribution < 1.29 is 18.3 Å². The summed E-state index contributed by atoms with van der Waals surface area (Å²) < 4.78 is 27.4. The second-order valence-corrected chi connectivity index (χ2v) is 7.00. The summed E-state index contributed by atoms with van der Waals surface area (Å²) in [6.07, 6.45) is -0.299. The van der Waals surface area contributed by atoms with Crippen molar-refractivity contribution in [2.45, 2.75) is 11.3 Å². The lowest BCUT2D eigenvalue weighted by Gasteiger charge is -2.18. The summed E-state index contributed by atoms with van der Waals surface area (Å²) in [5, 5.41) is 9.89. The van der Waals surface area contributed by atoms with Gasteiger partial charge < -0.3 is 15.7 Å². The number of sulfonamides is 1. The van der Waals surface area contributed by atoms with E-state index in [1.165, 1.54) is 0 Å². The van der Waals surface area contributed by atoms with Crippen LogP contribution in [0.3, 0.4) is 0 Å². The number of nitrogens with zero attached hydrogens (tertiary/aromatic N) is 1. The number of aliphatic carboxylic acids is 1. The summed E-state index contributed by atoms with van der Waals surface area (Å²) in [5.74, 6) is -1.08. The molecule has 8 heteroatoms. The molecule has 124 valence electrons. The third-order valence-corrected chi connectivity index (χ3v) is 4.98. The molecule has 2 rings (SSSR count). The van der Waals surface area contributed by atoms with Crippen LogP contribution in [0, 0.1) is 0 Å². The standard InChI is InChI=1S/C15H19N3O4S/c1-18(2)13-5-3-4-11-10(13)6-7-12(16)15(11)23(21,22)17-9-8-14(19)20/h3-7,17H,8-9,16H2,1-2H3,(H,19,20). The summed E-state index contributed by atoms with van der Waals surface area (Å²) in [7, 11) is -0.182. The number of hydrogen-bond acceptors (Lipinski definition) is 5. The number of carbonyl (C=O) groups is 1. The Morgan fingerprint density at radius 1 is 1.22 bits per heavy atom. The van der Waals surface area contributed by atoms with Gasteiger partial charge in [0.05, 0.1) is 12.1 Å². The van der Waals surface area contributed by atoms with Crippen LogP contribution in [0.5, 0.6) is 0 Å². The Labute approximate surface area is 134 Å². The van der Waals surface area contributed by atoms with E-state index in [0.717, 1.165) is 11.1 Å². The molecule has 0 atom stereocenters. The molecule has 4 N–H and O–H groups in total. The lowest BCUT2D eigenvalue weighted by atomic mass is 10.1. The molecular weight excluding hydrogens is 318 g/mol. The predicted molar refractivity (Wildman–Crippen MR) is 90.1 cm³/mol. The first-order chi connectivity index (χ1) is 10.7.